The zero-order valence-corrected chi connectivity index (χ0v) is 15.6. The maximum absolute atomic E-state index is 9.58. The van der Waals surface area contributed by atoms with E-state index in [1.165, 1.54) is 44.9 Å². The van der Waals surface area contributed by atoms with Gasteiger partial charge in [0.25, 0.3) is 0 Å². The van der Waals surface area contributed by atoms with Crippen molar-refractivity contribution in [3.05, 3.63) is 29.8 Å². The van der Waals surface area contributed by atoms with Crippen molar-refractivity contribution in [1.29, 1.82) is 0 Å². The third-order valence-electron chi connectivity index (χ3n) is 4.45. The van der Waals surface area contributed by atoms with Gasteiger partial charge < -0.3 is 19.3 Å². The molecule has 0 aliphatic carbocycles. The summed E-state index contributed by atoms with van der Waals surface area (Å²) in [4.78, 5) is 0. The van der Waals surface area contributed by atoms with Crippen LogP contribution in [0.2, 0.25) is 0 Å². The van der Waals surface area contributed by atoms with Crippen LogP contribution in [0.25, 0.3) is 0 Å². The first-order chi connectivity index (χ1) is 12.3. The van der Waals surface area contributed by atoms with E-state index in [-0.39, 0.29) is 0 Å². The summed E-state index contributed by atoms with van der Waals surface area (Å²) in [5.41, 5.74) is 1.09. The molecule has 0 spiro atoms. The molecule has 2 aliphatic heterocycles. The van der Waals surface area contributed by atoms with Crippen molar-refractivity contribution < 1.29 is 19.3 Å². The molecule has 0 saturated carbocycles. The van der Waals surface area contributed by atoms with Gasteiger partial charge in [-0.15, -0.1) is 0 Å². The quantitative estimate of drug-likeness (QED) is 0.446. The lowest BCUT2D eigenvalue weighted by Crippen LogP contribution is -2.06. The normalized spacial score (nSPS) is 20.7. The number of aromatic hydroxyl groups is 1. The van der Waals surface area contributed by atoms with Crippen molar-refractivity contribution in [1.82, 2.24) is 0 Å². The van der Waals surface area contributed by atoms with Gasteiger partial charge in [-0.3, -0.25) is 0 Å². The van der Waals surface area contributed by atoms with Crippen LogP contribution in [0.15, 0.2) is 24.3 Å². The minimum absolute atomic E-state index is 0.392. The number of benzene rings is 1. The van der Waals surface area contributed by atoms with Gasteiger partial charge >= 0.3 is 0 Å². The molecule has 1 N–H and O–H groups in total. The molecule has 0 aromatic heterocycles. The Morgan fingerprint density at radius 2 is 1.48 bits per heavy atom. The lowest BCUT2D eigenvalue weighted by atomic mass is 10.0. The molecule has 3 rings (SSSR count). The SMILES string of the molecule is C(OCC1CO1)C1CO1.CCCCCCCCCc1ccccc1O. The van der Waals surface area contributed by atoms with Gasteiger partial charge in [0.2, 0.25) is 0 Å². The van der Waals surface area contributed by atoms with Gasteiger partial charge in [0.05, 0.1) is 26.4 Å². The largest absolute Gasteiger partial charge is 0.508 e. The second-order valence-corrected chi connectivity index (χ2v) is 6.95. The first-order valence-electron chi connectivity index (χ1n) is 9.87. The monoisotopic (exact) mass is 350 g/mol. The fourth-order valence-corrected chi connectivity index (χ4v) is 2.65. The van der Waals surface area contributed by atoms with Gasteiger partial charge in [0.1, 0.15) is 18.0 Å². The fraction of sp³-hybridized carbons (Fsp3) is 0.714. The van der Waals surface area contributed by atoms with Crippen molar-refractivity contribution in [2.24, 2.45) is 0 Å². The zero-order valence-electron chi connectivity index (χ0n) is 15.6. The summed E-state index contributed by atoms with van der Waals surface area (Å²) in [6, 6.07) is 7.67. The number of epoxide rings is 2. The van der Waals surface area contributed by atoms with Crippen LogP contribution in [-0.4, -0.2) is 43.7 Å². The molecule has 4 heteroatoms. The number of hydrogen-bond acceptors (Lipinski definition) is 4. The highest BCUT2D eigenvalue weighted by molar-refractivity contribution is 5.31. The first kappa shape index (κ1) is 20.2. The average molecular weight is 350 g/mol. The Balaban J connectivity index is 0.000000208. The molecule has 0 amide bonds. The van der Waals surface area contributed by atoms with Crippen LogP contribution in [0.4, 0.5) is 0 Å². The molecule has 2 fully saturated rings. The Kier molecular flexibility index (Phi) is 9.93. The Bertz CT molecular complexity index is 443. The summed E-state index contributed by atoms with van der Waals surface area (Å²) in [6.07, 6.45) is 11.1. The van der Waals surface area contributed by atoms with Gasteiger partial charge in [-0.2, -0.15) is 0 Å². The number of ether oxygens (including phenoxy) is 3. The molecule has 25 heavy (non-hydrogen) atoms. The minimum atomic E-state index is 0.392. The van der Waals surface area contributed by atoms with Crippen LogP contribution < -0.4 is 0 Å². The molecule has 4 nitrogen and oxygen atoms in total. The highest BCUT2D eigenvalue weighted by atomic mass is 16.6. The van der Waals surface area contributed by atoms with Crippen LogP contribution >= 0.6 is 0 Å². The van der Waals surface area contributed by atoms with Crippen molar-refractivity contribution in [3.63, 3.8) is 0 Å². The fourth-order valence-electron chi connectivity index (χ4n) is 2.65. The Labute approximate surface area is 152 Å². The Hall–Kier alpha value is -1.10. The first-order valence-corrected chi connectivity index (χ1v) is 9.87. The van der Waals surface area contributed by atoms with Crippen LogP contribution in [0.3, 0.4) is 0 Å². The second-order valence-electron chi connectivity index (χ2n) is 6.95. The molecular formula is C21H34O4. The summed E-state index contributed by atoms with van der Waals surface area (Å²) < 4.78 is 15.1. The number of rotatable bonds is 12. The second kappa shape index (κ2) is 12.3. The Morgan fingerprint density at radius 1 is 0.920 bits per heavy atom. The molecule has 1 aromatic carbocycles. The number of para-hydroxylation sites is 1. The molecule has 2 saturated heterocycles. The van der Waals surface area contributed by atoms with Gasteiger partial charge in [-0.1, -0.05) is 63.6 Å². The minimum Gasteiger partial charge on any atom is -0.508 e. The van der Waals surface area contributed by atoms with Crippen LogP contribution in [0.1, 0.15) is 57.4 Å². The lowest BCUT2D eigenvalue weighted by Gasteiger charge is -2.04. The van der Waals surface area contributed by atoms with Gasteiger partial charge in [0, 0.05) is 0 Å². The third-order valence-corrected chi connectivity index (χ3v) is 4.45. The van der Waals surface area contributed by atoms with E-state index < -0.39 is 0 Å². The van der Waals surface area contributed by atoms with Crippen LogP contribution in [-0.2, 0) is 20.6 Å². The van der Waals surface area contributed by atoms with E-state index in [0.717, 1.165) is 38.4 Å². The number of unbranched alkanes of at least 4 members (excludes halogenated alkanes) is 6. The van der Waals surface area contributed by atoms with E-state index in [2.05, 4.69) is 6.92 Å². The molecule has 2 atom stereocenters. The molecule has 2 aliphatic rings. The highest BCUT2D eigenvalue weighted by Gasteiger charge is 2.26. The van der Waals surface area contributed by atoms with Gasteiger partial charge in [-0.25, -0.2) is 0 Å². The number of phenols is 1. The van der Waals surface area contributed by atoms with E-state index in [0.29, 0.717) is 18.0 Å². The van der Waals surface area contributed by atoms with Crippen LogP contribution in [0.5, 0.6) is 5.75 Å². The van der Waals surface area contributed by atoms with E-state index in [4.69, 9.17) is 14.2 Å². The van der Waals surface area contributed by atoms with Crippen molar-refractivity contribution in [3.8, 4) is 5.75 Å². The van der Waals surface area contributed by atoms with Crippen LogP contribution in [0, 0.1) is 0 Å². The number of aryl methyl sites for hydroxylation is 1. The smallest absolute Gasteiger partial charge is 0.118 e. The van der Waals surface area contributed by atoms with Gasteiger partial charge in [0.15, 0.2) is 0 Å². The molecule has 142 valence electrons. The molecule has 0 bridgehead atoms. The van der Waals surface area contributed by atoms with Crippen molar-refractivity contribution in [2.75, 3.05) is 26.4 Å². The summed E-state index contributed by atoms with van der Waals surface area (Å²) in [6.45, 7) is 5.51. The lowest BCUT2D eigenvalue weighted by molar-refractivity contribution is 0.102. The molecule has 2 heterocycles. The number of hydrogen-bond donors (Lipinski definition) is 1. The van der Waals surface area contributed by atoms with E-state index in [1.807, 2.05) is 18.2 Å². The summed E-state index contributed by atoms with van der Waals surface area (Å²) in [5.74, 6) is 0.452. The summed E-state index contributed by atoms with van der Waals surface area (Å²) in [7, 11) is 0. The molecule has 0 radical (unpaired) electrons. The van der Waals surface area contributed by atoms with E-state index >= 15 is 0 Å². The number of phenolic OH excluding ortho intramolecular Hbond substituents is 1. The third kappa shape index (κ3) is 10.5. The molecule has 1 aromatic rings. The molecule has 2 unspecified atom stereocenters. The average Bonchev–Trinajstić information content (AvgIpc) is 3.52. The highest BCUT2D eigenvalue weighted by Crippen LogP contribution is 2.18. The topological polar surface area (TPSA) is 54.5 Å². The zero-order chi connectivity index (χ0) is 17.7. The van der Waals surface area contributed by atoms with Gasteiger partial charge in [-0.05, 0) is 24.5 Å². The standard InChI is InChI=1S/C15H24O.C6H10O3/c1-2-3-4-5-6-7-8-11-14-12-9-10-13-15(14)16;1(5-3-8-5)7-2-6-4-9-6/h9-10,12-13,16H,2-8,11H2,1H3;5-6H,1-4H2. The van der Waals surface area contributed by atoms with Crippen molar-refractivity contribution in [2.45, 2.75) is 70.5 Å². The predicted molar refractivity (Wildman–Crippen MR) is 100 cm³/mol. The Morgan fingerprint density at radius 3 is 2.04 bits per heavy atom. The van der Waals surface area contributed by atoms with E-state index in [1.54, 1.807) is 6.07 Å². The maximum Gasteiger partial charge on any atom is 0.118 e. The summed E-state index contributed by atoms with van der Waals surface area (Å²) >= 11 is 0. The predicted octanol–water partition coefficient (Wildman–Crippen LogP) is 4.49. The summed E-state index contributed by atoms with van der Waals surface area (Å²) in [5, 5.41) is 9.58. The van der Waals surface area contributed by atoms with E-state index in [9.17, 15) is 5.11 Å². The van der Waals surface area contributed by atoms with Crippen molar-refractivity contribution >= 4 is 0 Å². The maximum atomic E-state index is 9.58. The molecular weight excluding hydrogens is 316 g/mol.